The summed E-state index contributed by atoms with van der Waals surface area (Å²) in [6, 6.07) is 23.5. The Morgan fingerprint density at radius 2 is 1.68 bits per heavy atom. The first-order valence-corrected chi connectivity index (χ1v) is 13.2. The fraction of sp³-hybridized carbons (Fsp3) is 0.226. The van der Waals surface area contributed by atoms with Gasteiger partial charge in [0.25, 0.3) is 11.8 Å². The van der Waals surface area contributed by atoms with Gasteiger partial charge in [-0.2, -0.15) is 5.10 Å². The summed E-state index contributed by atoms with van der Waals surface area (Å²) in [6.45, 7) is 1.74. The Morgan fingerprint density at radius 1 is 0.900 bits per heavy atom. The summed E-state index contributed by atoms with van der Waals surface area (Å²) in [5.74, 6) is -0.261. The molecule has 9 nitrogen and oxygen atoms in total. The smallest absolute Gasteiger partial charge is 0.255 e. The molecule has 5 aromatic rings. The van der Waals surface area contributed by atoms with Gasteiger partial charge >= 0.3 is 0 Å². The van der Waals surface area contributed by atoms with Crippen LogP contribution in [0.4, 0.5) is 0 Å². The molecule has 0 atom stereocenters. The quantitative estimate of drug-likeness (QED) is 0.285. The van der Waals surface area contributed by atoms with Crippen molar-refractivity contribution in [2.45, 2.75) is 13.0 Å². The van der Waals surface area contributed by atoms with E-state index < -0.39 is 0 Å². The number of benzene rings is 3. The second-order valence-corrected chi connectivity index (χ2v) is 10.0. The highest BCUT2D eigenvalue weighted by molar-refractivity contribution is 5.97. The van der Waals surface area contributed by atoms with Crippen LogP contribution in [0.5, 0.6) is 0 Å². The highest BCUT2D eigenvalue weighted by Crippen LogP contribution is 2.21. The number of hydrogen-bond donors (Lipinski definition) is 2. The molecule has 2 aromatic heterocycles. The van der Waals surface area contributed by atoms with Crippen molar-refractivity contribution in [3.63, 3.8) is 0 Å². The molecule has 3 aromatic carbocycles. The molecule has 2 amide bonds. The van der Waals surface area contributed by atoms with E-state index in [-0.39, 0.29) is 11.8 Å². The topological polar surface area (TPSA) is 97.1 Å². The molecule has 0 aliphatic heterocycles. The van der Waals surface area contributed by atoms with Crippen molar-refractivity contribution < 1.29 is 9.59 Å². The van der Waals surface area contributed by atoms with E-state index in [0.29, 0.717) is 30.6 Å². The largest absolute Gasteiger partial charge is 0.351 e. The number of imidazole rings is 1. The molecule has 5 rings (SSSR count). The Morgan fingerprint density at radius 3 is 2.42 bits per heavy atom. The molecule has 0 saturated heterocycles. The van der Waals surface area contributed by atoms with Gasteiger partial charge in [-0.25, -0.2) is 4.98 Å². The number of likely N-dealkylation sites (N-methyl/N-ethyl adjacent to an activating group) is 1. The van der Waals surface area contributed by atoms with Gasteiger partial charge in [-0.1, -0.05) is 42.5 Å². The number of carbonyl (C=O) groups excluding carboxylic acids is 2. The SMILES string of the molecule is CN(C)CCNC(=O)c1ccc2ncn(-c3ccc(CNC(=O)c4cnn(C)c4Cc4ccccc4)cc3)c2c1. The monoisotopic (exact) mass is 535 g/mol. The Hall–Kier alpha value is -4.76. The highest BCUT2D eigenvalue weighted by Gasteiger charge is 2.16. The fourth-order valence-corrected chi connectivity index (χ4v) is 4.55. The molecule has 40 heavy (non-hydrogen) atoms. The second-order valence-electron chi connectivity index (χ2n) is 10.0. The lowest BCUT2D eigenvalue weighted by atomic mass is 10.1. The van der Waals surface area contributed by atoms with E-state index in [1.54, 1.807) is 23.3 Å². The Kier molecular flexibility index (Phi) is 8.02. The summed E-state index contributed by atoms with van der Waals surface area (Å²) in [7, 11) is 5.80. The fourth-order valence-electron chi connectivity index (χ4n) is 4.55. The summed E-state index contributed by atoms with van der Waals surface area (Å²) < 4.78 is 3.71. The zero-order valence-electron chi connectivity index (χ0n) is 23.0. The first-order chi connectivity index (χ1) is 19.4. The number of carbonyl (C=O) groups is 2. The molecular formula is C31H33N7O2. The van der Waals surface area contributed by atoms with Crippen molar-refractivity contribution in [2.24, 2.45) is 7.05 Å². The molecule has 0 bridgehead atoms. The maximum absolute atomic E-state index is 13.0. The lowest BCUT2D eigenvalue weighted by molar-refractivity contribution is 0.0942. The van der Waals surface area contributed by atoms with Crippen molar-refractivity contribution >= 4 is 22.8 Å². The van der Waals surface area contributed by atoms with Crippen LogP contribution in [0.1, 0.15) is 37.5 Å². The van der Waals surface area contributed by atoms with Gasteiger partial charge in [0.05, 0.1) is 28.5 Å². The number of nitrogens with zero attached hydrogens (tertiary/aromatic N) is 5. The Bertz CT molecular complexity index is 1620. The highest BCUT2D eigenvalue weighted by atomic mass is 16.2. The van der Waals surface area contributed by atoms with Crippen molar-refractivity contribution in [3.05, 3.63) is 113 Å². The number of nitrogens with one attached hydrogen (secondary N) is 2. The summed E-state index contributed by atoms with van der Waals surface area (Å²) >= 11 is 0. The van der Waals surface area contributed by atoms with Crippen LogP contribution < -0.4 is 10.6 Å². The van der Waals surface area contributed by atoms with Crippen LogP contribution >= 0.6 is 0 Å². The molecule has 2 heterocycles. The molecule has 2 N–H and O–H groups in total. The molecular weight excluding hydrogens is 502 g/mol. The normalized spacial score (nSPS) is 11.2. The standard InChI is InChI=1S/C31H33N7O2/c1-36(2)16-15-32-30(39)24-11-14-27-29(18-24)38(21-34-27)25-12-9-23(10-13-25)19-33-31(40)26-20-35-37(3)28(26)17-22-7-5-4-6-8-22/h4-14,18,20-21H,15-17,19H2,1-3H3,(H,32,39)(H,33,40). The van der Waals surface area contributed by atoms with Crippen molar-refractivity contribution in [1.29, 1.82) is 0 Å². The van der Waals surface area contributed by atoms with E-state index in [4.69, 9.17) is 0 Å². The number of fused-ring (bicyclic) bond motifs is 1. The third kappa shape index (κ3) is 6.10. The molecule has 9 heteroatoms. The van der Waals surface area contributed by atoms with E-state index >= 15 is 0 Å². The Labute approximate surface area is 233 Å². The third-order valence-electron chi connectivity index (χ3n) is 6.84. The summed E-state index contributed by atoms with van der Waals surface area (Å²) in [4.78, 5) is 32.2. The van der Waals surface area contributed by atoms with Gasteiger partial charge in [-0.05, 0) is 55.6 Å². The molecule has 204 valence electrons. The van der Waals surface area contributed by atoms with Crippen LogP contribution in [-0.4, -0.2) is 63.2 Å². The van der Waals surface area contributed by atoms with E-state index in [1.807, 2.05) is 97.3 Å². The van der Waals surface area contributed by atoms with Crippen LogP contribution in [0.15, 0.2) is 85.3 Å². The predicted molar refractivity (Wildman–Crippen MR) is 156 cm³/mol. The maximum Gasteiger partial charge on any atom is 0.255 e. The van der Waals surface area contributed by atoms with E-state index in [9.17, 15) is 9.59 Å². The second kappa shape index (κ2) is 12.0. The maximum atomic E-state index is 13.0. The average molecular weight is 536 g/mol. The number of rotatable bonds is 10. The van der Waals surface area contributed by atoms with Gasteiger partial charge < -0.3 is 15.5 Å². The molecule has 0 saturated carbocycles. The number of hydrogen-bond acceptors (Lipinski definition) is 5. The average Bonchev–Trinajstić information content (AvgIpc) is 3.55. The zero-order chi connectivity index (χ0) is 28.1. The van der Waals surface area contributed by atoms with E-state index in [2.05, 4.69) is 20.7 Å². The molecule has 0 spiro atoms. The first kappa shape index (κ1) is 26.8. The van der Waals surface area contributed by atoms with Crippen LogP contribution in [0.3, 0.4) is 0 Å². The molecule has 0 fully saturated rings. The van der Waals surface area contributed by atoms with Gasteiger partial charge in [-0.15, -0.1) is 0 Å². The van der Waals surface area contributed by atoms with E-state index in [0.717, 1.165) is 40.1 Å². The van der Waals surface area contributed by atoms with Crippen molar-refractivity contribution in [2.75, 3.05) is 27.2 Å². The minimum absolute atomic E-state index is 0.108. The van der Waals surface area contributed by atoms with Crippen LogP contribution in [0.2, 0.25) is 0 Å². The summed E-state index contributed by atoms with van der Waals surface area (Å²) in [6.07, 6.45) is 4.01. The van der Waals surface area contributed by atoms with Gasteiger partial charge in [-0.3, -0.25) is 18.8 Å². The van der Waals surface area contributed by atoms with Gasteiger partial charge in [0.1, 0.15) is 6.33 Å². The number of amides is 2. The minimum atomic E-state index is -0.153. The summed E-state index contributed by atoms with van der Waals surface area (Å²) in [5.41, 5.74) is 6.71. The third-order valence-corrected chi connectivity index (χ3v) is 6.84. The lowest BCUT2D eigenvalue weighted by Crippen LogP contribution is -2.31. The van der Waals surface area contributed by atoms with Crippen LogP contribution in [0.25, 0.3) is 16.7 Å². The first-order valence-electron chi connectivity index (χ1n) is 13.2. The van der Waals surface area contributed by atoms with Crippen molar-refractivity contribution in [1.82, 2.24) is 34.9 Å². The molecule has 0 radical (unpaired) electrons. The molecule has 0 aliphatic carbocycles. The van der Waals surface area contributed by atoms with Gasteiger partial charge in [0, 0.05) is 44.4 Å². The van der Waals surface area contributed by atoms with Gasteiger partial charge in [0.15, 0.2) is 0 Å². The Balaban J connectivity index is 1.25. The van der Waals surface area contributed by atoms with Crippen molar-refractivity contribution in [3.8, 4) is 5.69 Å². The van der Waals surface area contributed by atoms with Crippen LogP contribution in [-0.2, 0) is 20.0 Å². The van der Waals surface area contributed by atoms with E-state index in [1.165, 1.54) is 0 Å². The lowest BCUT2D eigenvalue weighted by Gasteiger charge is -2.11. The predicted octanol–water partition coefficient (Wildman–Crippen LogP) is 3.57. The molecule has 0 aliphatic rings. The summed E-state index contributed by atoms with van der Waals surface area (Å²) in [5, 5.41) is 10.3. The zero-order valence-corrected chi connectivity index (χ0v) is 23.0. The number of aromatic nitrogens is 4. The minimum Gasteiger partial charge on any atom is -0.351 e. The van der Waals surface area contributed by atoms with Crippen LogP contribution in [0, 0.1) is 0 Å². The molecule has 0 unspecified atom stereocenters. The number of aryl methyl sites for hydroxylation is 1. The van der Waals surface area contributed by atoms with Gasteiger partial charge in [0.2, 0.25) is 0 Å².